The molecule has 0 saturated carbocycles. The van der Waals surface area contributed by atoms with Gasteiger partial charge in [-0.3, -0.25) is 4.79 Å². The second-order valence-corrected chi connectivity index (χ2v) is 3.71. The molecule has 16 heavy (non-hydrogen) atoms. The summed E-state index contributed by atoms with van der Waals surface area (Å²) >= 11 is 0. The Bertz CT molecular complexity index is 404. The molecule has 5 nitrogen and oxygen atoms in total. The summed E-state index contributed by atoms with van der Waals surface area (Å²) in [5.74, 6) is 0.0983. The van der Waals surface area contributed by atoms with Crippen molar-refractivity contribution in [2.24, 2.45) is 5.11 Å². The van der Waals surface area contributed by atoms with E-state index in [9.17, 15) is 4.79 Å². The third-order valence-electron chi connectivity index (χ3n) is 2.14. The average Bonchev–Trinajstić information content (AvgIpc) is 2.27. The molecule has 0 unspecified atom stereocenters. The Balaban J connectivity index is 2.66. The van der Waals surface area contributed by atoms with Crippen molar-refractivity contribution in [1.82, 2.24) is 4.90 Å². The predicted molar refractivity (Wildman–Crippen MR) is 62.7 cm³/mol. The standard InChI is InChI=1S/C11H14N4O/c1-15(2)8-7-11(16)9-3-5-10(6-4-9)13-14-12/h3-6H,7-8H2,1-2H3. The van der Waals surface area contributed by atoms with Crippen molar-refractivity contribution >= 4 is 11.5 Å². The molecule has 0 spiro atoms. The van der Waals surface area contributed by atoms with Crippen LogP contribution < -0.4 is 0 Å². The van der Waals surface area contributed by atoms with E-state index in [-0.39, 0.29) is 5.78 Å². The molecule has 0 aromatic heterocycles. The minimum absolute atomic E-state index is 0.0983. The Hall–Kier alpha value is -1.84. The zero-order chi connectivity index (χ0) is 12.0. The lowest BCUT2D eigenvalue weighted by Crippen LogP contribution is -2.16. The number of Topliss-reactive ketones (excluding diaryl/α,β-unsaturated/α-hetero) is 1. The minimum atomic E-state index is 0.0983. The molecule has 0 radical (unpaired) electrons. The van der Waals surface area contributed by atoms with Gasteiger partial charge in [-0.1, -0.05) is 29.4 Å². The van der Waals surface area contributed by atoms with Crippen LogP contribution in [0.25, 0.3) is 10.4 Å². The maximum absolute atomic E-state index is 11.7. The second-order valence-electron chi connectivity index (χ2n) is 3.71. The number of benzene rings is 1. The number of hydrogen-bond acceptors (Lipinski definition) is 3. The van der Waals surface area contributed by atoms with Crippen LogP contribution >= 0.6 is 0 Å². The monoisotopic (exact) mass is 218 g/mol. The van der Waals surface area contributed by atoms with Gasteiger partial charge in [0, 0.05) is 29.1 Å². The fourth-order valence-electron chi connectivity index (χ4n) is 1.24. The number of carbonyl (C=O) groups excluding carboxylic acids is 1. The Morgan fingerprint density at radius 2 is 2.00 bits per heavy atom. The summed E-state index contributed by atoms with van der Waals surface area (Å²) in [4.78, 5) is 16.3. The maximum atomic E-state index is 11.7. The molecule has 0 aliphatic carbocycles. The number of carbonyl (C=O) groups is 1. The maximum Gasteiger partial charge on any atom is 0.164 e. The molecule has 0 atom stereocenters. The van der Waals surface area contributed by atoms with Gasteiger partial charge in [0.15, 0.2) is 5.78 Å². The zero-order valence-corrected chi connectivity index (χ0v) is 9.42. The van der Waals surface area contributed by atoms with Crippen molar-refractivity contribution < 1.29 is 4.79 Å². The highest BCUT2D eigenvalue weighted by atomic mass is 16.1. The summed E-state index contributed by atoms with van der Waals surface area (Å²) in [6.45, 7) is 0.733. The quantitative estimate of drug-likeness (QED) is 0.330. The van der Waals surface area contributed by atoms with E-state index in [4.69, 9.17) is 5.53 Å². The molecule has 0 amide bonds. The largest absolute Gasteiger partial charge is 0.309 e. The topological polar surface area (TPSA) is 69.1 Å². The lowest BCUT2D eigenvalue weighted by Gasteiger charge is -2.08. The van der Waals surface area contributed by atoms with Gasteiger partial charge in [-0.25, -0.2) is 0 Å². The SMILES string of the molecule is CN(C)CCC(=O)c1ccc(N=[N+]=[N-])cc1. The van der Waals surface area contributed by atoms with Crippen molar-refractivity contribution in [3.8, 4) is 0 Å². The fraction of sp³-hybridized carbons (Fsp3) is 0.364. The van der Waals surface area contributed by atoms with Crippen LogP contribution in [-0.2, 0) is 0 Å². The summed E-state index contributed by atoms with van der Waals surface area (Å²) in [5, 5.41) is 3.44. The van der Waals surface area contributed by atoms with Crippen molar-refractivity contribution in [2.45, 2.75) is 6.42 Å². The van der Waals surface area contributed by atoms with Crippen LogP contribution in [0.5, 0.6) is 0 Å². The Morgan fingerprint density at radius 1 is 1.38 bits per heavy atom. The summed E-state index contributed by atoms with van der Waals surface area (Å²) in [6, 6.07) is 6.65. The molecule has 0 bridgehead atoms. The van der Waals surface area contributed by atoms with E-state index in [1.807, 2.05) is 19.0 Å². The molecule has 0 fully saturated rings. The highest BCUT2D eigenvalue weighted by molar-refractivity contribution is 5.96. The number of hydrogen-bond donors (Lipinski definition) is 0. The predicted octanol–water partition coefficient (Wildman–Crippen LogP) is 2.76. The Morgan fingerprint density at radius 3 is 2.50 bits per heavy atom. The zero-order valence-electron chi connectivity index (χ0n) is 9.42. The van der Waals surface area contributed by atoms with E-state index in [0.29, 0.717) is 17.7 Å². The molecule has 84 valence electrons. The average molecular weight is 218 g/mol. The number of ketones is 1. The first-order valence-corrected chi connectivity index (χ1v) is 4.96. The van der Waals surface area contributed by atoms with Crippen molar-refractivity contribution in [2.75, 3.05) is 20.6 Å². The van der Waals surface area contributed by atoms with Crippen LogP contribution in [0.3, 0.4) is 0 Å². The van der Waals surface area contributed by atoms with Crippen molar-refractivity contribution in [1.29, 1.82) is 0 Å². The van der Waals surface area contributed by atoms with Gasteiger partial charge in [0.25, 0.3) is 0 Å². The number of rotatable bonds is 5. The first kappa shape index (κ1) is 12.2. The number of azide groups is 1. The van der Waals surface area contributed by atoms with Crippen LogP contribution in [0, 0.1) is 0 Å². The molecule has 5 heteroatoms. The van der Waals surface area contributed by atoms with Gasteiger partial charge in [0.2, 0.25) is 0 Å². The fourth-order valence-corrected chi connectivity index (χ4v) is 1.24. The lowest BCUT2D eigenvalue weighted by atomic mass is 10.1. The highest BCUT2D eigenvalue weighted by Crippen LogP contribution is 2.14. The molecule has 0 heterocycles. The molecular weight excluding hydrogens is 204 g/mol. The molecule has 0 N–H and O–H groups in total. The highest BCUT2D eigenvalue weighted by Gasteiger charge is 2.05. The van der Waals surface area contributed by atoms with E-state index < -0.39 is 0 Å². The van der Waals surface area contributed by atoms with E-state index >= 15 is 0 Å². The number of nitrogens with zero attached hydrogens (tertiary/aromatic N) is 4. The van der Waals surface area contributed by atoms with Crippen LogP contribution in [0.1, 0.15) is 16.8 Å². The molecule has 1 aromatic carbocycles. The van der Waals surface area contributed by atoms with Crippen molar-refractivity contribution in [3.63, 3.8) is 0 Å². The first-order chi connectivity index (χ1) is 7.63. The summed E-state index contributed by atoms with van der Waals surface area (Å²) < 4.78 is 0. The van der Waals surface area contributed by atoms with Crippen LogP contribution in [0.2, 0.25) is 0 Å². The lowest BCUT2D eigenvalue weighted by molar-refractivity contribution is 0.0972. The van der Waals surface area contributed by atoms with Gasteiger partial charge in [-0.2, -0.15) is 0 Å². The van der Waals surface area contributed by atoms with Gasteiger partial charge in [0.05, 0.1) is 0 Å². The molecule has 1 rings (SSSR count). The van der Waals surface area contributed by atoms with E-state index in [1.165, 1.54) is 0 Å². The van der Waals surface area contributed by atoms with Gasteiger partial charge in [-0.05, 0) is 19.6 Å². The third-order valence-corrected chi connectivity index (χ3v) is 2.14. The van der Waals surface area contributed by atoms with E-state index in [2.05, 4.69) is 10.0 Å². The van der Waals surface area contributed by atoms with Gasteiger partial charge >= 0.3 is 0 Å². The van der Waals surface area contributed by atoms with Crippen molar-refractivity contribution in [3.05, 3.63) is 40.3 Å². The van der Waals surface area contributed by atoms with Gasteiger partial charge < -0.3 is 4.90 Å². The Labute approximate surface area is 94.3 Å². The molecule has 0 aliphatic heterocycles. The van der Waals surface area contributed by atoms with Crippen LogP contribution in [0.15, 0.2) is 29.4 Å². The molecule has 0 saturated heterocycles. The van der Waals surface area contributed by atoms with Gasteiger partial charge in [-0.15, -0.1) is 0 Å². The normalized spacial score (nSPS) is 9.94. The summed E-state index contributed by atoms with van der Waals surface area (Å²) in [7, 11) is 3.86. The van der Waals surface area contributed by atoms with Gasteiger partial charge in [0.1, 0.15) is 0 Å². The first-order valence-electron chi connectivity index (χ1n) is 4.96. The minimum Gasteiger partial charge on any atom is -0.309 e. The van der Waals surface area contributed by atoms with E-state index in [0.717, 1.165) is 6.54 Å². The van der Waals surface area contributed by atoms with Crippen LogP contribution in [-0.4, -0.2) is 31.3 Å². The van der Waals surface area contributed by atoms with Crippen LogP contribution in [0.4, 0.5) is 5.69 Å². The summed E-state index contributed by atoms with van der Waals surface area (Å²) in [6.07, 6.45) is 0.494. The summed E-state index contributed by atoms with van der Waals surface area (Å²) in [5.41, 5.74) is 9.40. The molecular formula is C11H14N4O. The third kappa shape index (κ3) is 3.73. The molecule has 0 aliphatic rings. The van der Waals surface area contributed by atoms with E-state index in [1.54, 1.807) is 24.3 Å². The molecule has 1 aromatic rings. The Kier molecular flexibility index (Phi) is 4.51. The second kappa shape index (κ2) is 5.90. The smallest absolute Gasteiger partial charge is 0.164 e.